The van der Waals surface area contributed by atoms with Gasteiger partial charge in [0.15, 0.2) is 0 Å². The summed E-state index contributed by atoms with van der Waals surface area (Å²) in [5.74, 6) is -2.78. The van der Waals surface area contributed by atoms with Crippen LogP contribution in [0.15, 0.2) is 30.3 Å². The van der Waals surface area contributed by atoms with Gasteiger partial charge < -0.3 is 5.73 Å². The zero-order valence-corrected chi connectivity index (χ0v) is 6.63. The van der Waals surface area contributed by atoms with Gasteiger partial charge in [-0.2, -0.15) is 0 Å². The van der Waals surface area contributed by atoms with Crippen LogP contribution in [-0.4, -0.2) is 6.54 Å². The number of halogens is 2. The first-order chi connectivity index (χ1) is 5.67. The van der Waals surface area contributed by atoms with Crippen LogP contribution in [-0.2, 0) is 5.92 Å². The van der Waals surface area contributed by atoms with E-state index in [2.05, 4.69) is 0 Å². The highest BCUT2D eigenvalue weighted by Gasteiger charge is 2.29. The van der Waals surface area contributed by atoms with Crippen LogP contribution in [0.25, 0.3) is 0 Å². The molecule has 0 heterocycles. The maximum Gasteiger partial charge on any atom is 0.274 e. The molecule has 0 fully saturated rings. The van der Waals surface area contributed by atoms with Crippen molar-refractivity contribution >= 4 is 0 Å². The summed E-state index contributed by atoms with van der Waals surface area (Å²) in [7, 11) is 0. The molecular formula is C9H11F2N. The summed E-state index contributed by atoms with van der Waals surface area (Å²) in [4.78, 5) is 0. The van der Waals surface area contributed by atoms with Crippen molar-refractivity contribution in [2.24, 2.45) is 5.73 Å². The fourth-order valence-electron chi connectivity index (χ4n) is 1.01. The van der Waals surface area contributed by atoms with E-state index < -0.39 is 5.92 Å². The minimum absolute atomic E-state index is 0.00188. The molecule has 1 aromatic rings. The third-order valence-corrected chi connectivity index (χ3v) is 1.65. The number of alkyl halides is 2. The van der Waals surface area contributed by atoms with Crippen LogP contribution >= 0.6 is 0 Å². The molecule has 1 aromatic carbocycles. The second kappa shape index (κ2) is 3.63. The third kappa shape index (κ3) is 2.01. The molecule has 1 rings (SSSR count). The lowest BCUT2D eigenvalue weighted by atomic mass is 10.1. The molecule has 2 N–H and O–H groups in total. The summed E-state index contributed by atoms with van der Waals surface area (Å²) in [6.07, 6.45) is -0.295. The van der Waals surface area contributed by atoms with E-state index in [4.69, 9.17) is 5.73 Å². The van der Waals surface area contributed by atoms with Gasteiger partial charge in [-0.25, -0.2) is 8.78 Å². The quantitative estimate of drug-likeness (QED) is 0.740. The first-order valence-corrected chi connectivity index (χ1v) is 3.80. The van der Waals surface area contributed by atoms with Crippen molar-refractivity contribution in [3.8, 4) is 0 Å². The third-order valence-electron chi connectivity index (χ3n) is 1.65. The van der Waals surface area contributed by atoms with Crippen molar-refractivity contribution in [2.75, 3.05) is 6.54 Å². The Bertz CT molecular complexity index is 234. The van der Waals surface area contributed by atoms with Crippen LogP contribution in [0.5, 0.6) is 0 Å². The summed E-state index contributed by atoms with van der Waals surface area (Å²) in [6.45, 7) is 0.00188. The van der Waals surface area contributed by atoms with E-state index in [1.54, 1.807) is 18.2 Å². The smallest absolute Gasteiger partial charge is 0.274 e. The summed E-state index contributed by atoms with van der Waals surface area (Å²) in [6, 6.07) is 7.73. The van der Waals surface area contributed by atoms with Gasteiger partial charge in [-0.3, -0.25) is 0 Å². The van der Waals surface area contributed by atoms with Gasteiger partial charge in [0.25, 0.3) is 5.92 Å². The zero-order valence-electron chi connectivity index (χ0n) is 6.63. The van der Waals surface area contributed by atoms with Crippen molar-refractivity contribution in [2.45, 2.75) is 12.3 Å². The Hall–Kier alpha value is -0.960. The summed E-state index contributed by atoms with van der Waals surface area (Å²) >= 11 is 0. The van der Waals surface area contributed by atoms with Gasteiger partial charge in [0, 0.05) is 12.0 Å². The Labute approximate surface area is 70.2 Å². The van der Waals surface area contributed by atoms with Crippen molar-refractivity contribution < 1.29 is 8.78 Å². The van der Waals surface area contributed by atoms with Crippen LogP contribution in [0, 0.1) is 0 Å². The van der Waals surface area contributed by atoms with Crippen molar-refractivity contribution in [3.63, 3.8) is 0 Å². The van der Waals surface area contributed by atoms with E-state index in [-0.39, 0.29) is 18.5 Å². The van der Waals surface area contributed by atoms with E-state index in [1.165, 1.54) is 12.1 Å². The lowest BCUT2D eigenvalue weighted by molar-refractivity contribution is -0.0107. The highest BCUT2D eigenvalue weighted by Crippen LogP contribution is 2.30. The molecule has 0 amide bonds. The molecule has 0 aliphatic carbocycles. The lowest BCUT2D eigenvalue weighted by Crippen LogP contribution is -2.18. The molecule has 0 spiro atoms. The van der Waals surface area contributed by atoms with Gasteiger partial charge in [-0.15, -0.1) is 0 Å². The fourth-order valence-corrected chi connectivity index (χ4v) is 1.01. The van der Waals surface area contributed by atoms with Crippen molar-refractivity contribution in [1.82, 2.24) is 0 Å². The molecule has 0 saturated heterocycles. The zero-order chi connectivity index (χ0) is 9.03. The van der Waals surface area contributed by atoms with Gasteiger partial charge in [0.2, 0.25) is 0 Å². The number of hydrogen-bond acceptors (Lipinski definition) is 1. The molecule has 0 unspecified atom stereocenters. The second-order valence-corrected chi connectivity index (χ2v) is 2.61. The fraction of sp³-hybridized carbons (Fsp3) is 0.333. The molecule has 0 atom stereocenters. The van der Waals surface area contributed by atoms with Crippen LogP contribution in [0.2, 0.25) is 0 Å². The monoisotopic (exact) mass is 171 g/mol. The molecule has 0 radical (unpaired) electrons. The Kier molecular flexibility index (Phi) is 2.76. The standard InChI is InChI=1S/C9H11F2N/c10-9(11,6-7-12)8-4-2-1-3-5-8/h1-5H,6-7,12H2. The van der Waals surface area contributed by atoms with Crippen LogP contribution in [0.4, 0.5) is 8.78 Å². The summed E-state index contributed by atoms with van der Waals surface area (Å²) < 4.78 is 26.2. The first-order valence-electron chi connectivity index (χ1n) is 3.80. The highest BCUT2D eigenvalue weighted by atomic mass is 19.3. The summed E-state index contributed by atoms with van der Waals surface area (Å²) in [5.41, 5.74) is 5.11. The number of hydrogen-bond donors (Lipinski definition) is 1. The Balaban J connectivity index is 2.82. The SMILES string of the molecule is NCCC(F)(F)c1ccccc1. The first kappa shape index (κ1) is 9.13. The van der Waals surface area contributed by atoms with E-state index in [9.17, 15) is 8.78 Å². The van der Waals surface area contributed by atoms with E-state index in [1.807, 2.05) is 0 Å². The van der Waals surface area contributed by atoms with Gasteiger partial charge in [0.05, 0.1) is 0 Å². The maximum absolute atomic E-state index is 13.1. The van der Waals surface area contributed by atoms with Gasteiger partial charge in [0.1, 0.15) is 0 Å². The Morgan fingerprint density at radius 2 is 1.75 bits per heavy atom. The minimum Gasteiger partial charge on any atom is -0.330 e. The van der Waals surface area contributed by atoms with E-state index >= 15 is 0 Å². The molecular weight excluding hydrogens is 160 g/mol. The average molecular weight is 171 g/mol. The van der Waals surface area contributed by atoms with E-state index in [0.717, 1.165) is 0 Å². The second-order valence-electron chi connectivity index (χ2n) is 2.61. The molecule has 66 valence electrons. The average Bonchev–Trinajstić information content (AvgIpc) is 2.06. The molecule has 0 aliphatic heterocycles. The molecule has 1 nitrogen and oxygen atoms in total. The predicted molar refractivity (Wildman–Crippen MR) is 44.0 cm³/mol. The van der Waals surface area contributed by atoms with Crippen LogP contribution in [0.1, 0.15) is 12.0 Å². The highest BCUT2D eigenvalue weighted by molar-refractivity contribution is 5.19. The molecule has 0 aromatic heterocycles. The largest absolute Gasteiger partial charge is 0.330 e. The topological polar surface area (TPSA) is 26.0 Å². The molecule has 0 bridgehead atoms. The number of nitrogens with two attached hydrogens (primary N) is 1. The van der Waals surface area contributed by atoms with Gasteiger partial charge >= 0.3 is 0 Å². The normalized spacial score (nSPS) is 11.6. The van der Waals surface area contributed by atoms with Crippen molar-refractivity contribution in [1.29, 1.82) is 0 Å². The van der Waals surface area contributed by atoms with Gasteiger partial charge in [-0.05, 0) is 6.54 Å². The summed E-state index contributed by atoms with van der Waals surface area (Å²) in [5, 5.41) is 0. The number of rotatable bonds is 3. The van der Waals surface area contributed by atoms with Crippen LogP contribution in [0.3, 0.4) is 0 Å². The molecule has 0 aliphatic rings. The maximum atomic E-state index is 13.1. The minimum atomic E-state index is -2.78. The van der Waals surface area contributed by atoms with Crippen molar-refractivity contribution in [3.05, 3.63) is 35.9 Å². The Morgan fingerprint density at radius 3 is 2.25 bits per heavy atom. The lowest BCUT2D eigenvalue weighted by Gasteiger charge is -2.14. The number of benzene rings is 1. The molecule has 0 saturated carbocycles. The van der Waals surface area contributed by atoms with E-state index in [0.29, 0.717) is 0 Å². The molecule has 12 heavy (non-hydrogen) atoms. The molecule has 3 heteroatoms. The Morgan fingerprint density at radius 1 is 1.17 bits per heavy atom. The predicted octanol–water partition coefficient (Wildman–Crippen LogP) is 2.13. The van der Waals surface area contributed by atoms with Crippen LogP contribution < -0.4 is 5.73 Å². The van der Waals surface area contributed by atoms with Gasteiger partial charge in [-0.1, -0.05) is 30.3 Å².